The highest BCUT2D eigenvalue weighted by Gasteiger charge is 2.38. The van der Waals surface area contributed by atoms with Crippen LogP contribution in [0.25, 0.3) is 5.69 Å². The van der Waals surface area contributed by atoms with Gasteiger partial charge in [0.05, 0.1) is 12.2 Å². The van der Waals surface area contributed by atoms with Crippen molar-refractivity contribution in [2.45, 2.75) is 38.1 Å². The number of anilines is 1. The summed E-state index contributed by atoms with van der Waals surface area (Å²) < 4.78 is 1.90. The molecule has 1 aromatic carbocycles. The van der Waals surface area contributed by atoms with Gasteiger partial charge in [-0.25, -0.2) is 4.98 Å². The van der Waals surface area contributed by atoms with Crippen molar-refractivity contribution in [1.29, 1.82) is 0 Å². The second kappa shape index (κ2) is 6.70. The minimum atomic E-state index is -0.249. The van der Waals surface area contributed by atoms with Crippen molar-refractivity contribution >= 4 is 17.5 Å². The van der Waals surface area contributed by atoms with Crippen molar-refractivity contribution in [2.24, 2.45) is 5.92 Å². The summed E-state index contributed by atoms with van der Waals surface area (Å²) in [6.45, 7) is 0.558. The molecule has 1 unspecified atom stereocenters. The first-order valence-corrected chi connectivity index (χ1v) is 8.89. The highest BCUT2D eigenvalue weighted by Crippen LogP contribution is 2.30. The third-order valence-corrected chi connectivity index (χ3v) is 5.23. The lowest BCUT2D eigenvalue weighted by molar-refractivity contribution is -0.129. The molecular formula is C19H22N4O2. The van der Waals surface area contributed by atoms with E-state index in [9.17, 15) is 9.59 Å². The van der Waals surface area contributed by atoms with Gasteiger partial charge in [-0.05, 0) is 37.1 Å². The molecule has 130 valence electrons. The normalized spacial score (nSPS) is 21.0. The van der Waals surface area contributed by atoms with Gasteiger partial charge in [-0.15, -0.1) is 0 Å². The van der Waals surface area contributed by atoms with Crippen LogP contribution in [-0.2, 0) is 9.59 Å². The van der Waals surface area contributed by atoms with Gasteiger partial charge in [0.25, 0.3) is 0 Å². The van der Waals surface area contributed by atoms with E-state index in [1.807, 2.05) is 39.9 Å². The van der Waals surface area contributed by atoms with Gasteiger partial charge < -0.3 is 14.8 Å². The Kier molecular flexibility index (Phi) is 4.26. The van der Waals surface area contributed by atoms with E-state index in [4.69, 9.17) is 0 Å². The number of imidazole rings is 1. The van der Waals surface area contributed by atoms with Crippen LogP contribution in [0, 0.1) is 5.92 Å². The van der Waals surface area contributed by atoms with Crippen molar-refractivity contribution in [3.63, 3.8) is 0 Å². The molecule has 1 atom stereocenters. The number of benzene rings is 1. The SMILES string of the molecule is O=C(Nc1ccc(-n2ccnc2)cc1)C1CC(=O)N(C2CCCC2)C1. The molecule has 0 spiro atoms. The number of carbonyl (C=O) groups excluding carboxylic acids is 2. The zero-order chi connectivity index (χ0) is 17.2. The molecule has 6 nitrogen and oxygen atoms in total. The van der Waals surface area contributed by atoms with E-state index in [1.165, 1.54) is 12.8 Å². The summed E-state index contributed by atoms with van der Waals surface area (Å²) in [5, 5.41) is 2.95. The van der Waals surface area contributed by atoms with E-state index in [0.717, 1.165) is 24.2 Å². The number of carbonyl (C=O) groups is 2. The Balaban J connectivity index is 1.38. The molecule has 2 fully saturated rings. The molecule has 0 bridgehead atoms. The first kappa shape index (κ1) is 15.9. The van der Waals surface area contributed by atoms with Crippen molar-refractivity contribution in [3.8, 4) is 5.69 Å². The lowest BCUT2D eigenvalue weighted by atomic mass is 10.1. The Labute approximate surface area is 146 Å². The van der Waals surface area contributed by atoms with Gasteiger partial charge >= 0.3 is 0 Å². The Bertz CT molecular complexity index is 748. The number of nitrogens with zero attached hydrogens (tertiary/aromatic N) is 3. The molecule has 4 rings (SSSR count). The molecule has 25 heavy (non-hydrogen) atoms. The quantitative estimate of drug-likeness (QED) is 0.932. The molecule has 2 amide bonds. The fraction of sp³-hybridized carbons (Fsp3) is 0.421. The maximum Gasteiger partial charge on any atom is 0.229 e. The lowest BCUT2D eigenvalue weighted by Crippen LogP contribution is -2.35. The van der Waals surface area contributed by atoms with Gasteiger partial charge in [-0.2, -0.15) is 0 Å². The lowest BCUT2D eigenvalue weighted by Gasteiger charge is -2.23. The van der Waals surface area contributed by atoms with Gasteiger partial charge in [-0.1, -0.05) is 12.8 Å². The summed E-state index contributed by atoms with van der Waals surface area (Å²) >= 11 is 0. The molecule has 0 radical (unpaired) electrons. The number of hydrogen-bond acceptors (Lipinski definition) is 3. The van der Waals surface area contributed by atoms with E-state index in [1.54, 1.807) is 12.5 Å². The van der Waals surface area contributed by atoms with E-state index >= 15 is 0 Å². The van der Waals surface area contributed by atoms with E-state index in [2.05, 4.69) is 10.3 Å². The van der Waals surface area contributed by atoms with Crippen molar-refractivity contribution in [3.05, 3.63) is 43.0 Å². The topological polar surface area (TPSA) is 67.2 Å². The van der Waals surface area contributed by atoms with Crippen LogP contribution in [0.4, 0.5) is 5.69 Å². The Morgan fingerprint density at radius 2 is 1.92 bits per heavy atom. The second-order valence-corrected chi connectivity index (χ2v) is 6.89. The Hall–Kier alpha value is -2.63. The maximum absolute atomic E-state index is 12.5. The number of hydrogen-bond donors (Lipinski definition) is 1. The highest BCUT2D eigenvalue weighted by atomic mass is 16.2. The van der Waals surface area contributed by atoms with Crippen LogP contribution in [0.15, 0.2) is 43.0 Å². The molecule has 1 saturated carbocycles. The minimum Gasteiger partial charge on any atom is -0.339 e. The third-order valence-electron chi connectivity index (χ3n) is 5.23. The molecule has 2 aliphatic rings. The van der Waals surface area contributed by atoms with E-state index < -0.39 is 0 Å². The monoisotopic (exact) mass is 338 g/mol. The average molecular weight is 338 g/mol. The number of likely N-dealkylation sites (tertiary alicyclic amines) is 1. The van der Waals surface area contributed by atoms with Gasteiger partial charge in [-0.3, -0.25) is 9.59 Å². The third kappa shape index (κ3) is 3.29. The molecular weight excluding hydrogens is 316 g/mol. The Morgan fingerprint density at radius 3 is 2.60 bits per heavy atom. The summed E-state index contributed by atoms with van der Waals surface area (Å²) in [7, 11) is 0. The molecule has 2 aromatic rings. The van der Waals surface area contributed by atoms with Crippen LogP contribution in [0.5, 0.6) is 0 Å². The van der Waals surface area contributed by atoms with Crippen LogP contribution in [0.3, 0.4) is 0 Å². The fourth-order valence-corrected chi connectivity index (χ4v) is 3.85. The Morgan fingerprint density at radius 1 is 1.16 bits per heavy atom. The summed E-state index contributed by atoms with van der Waals surface area (Å²) in [5.41, 5.74) is 1.74. The van der Waals surface area contributed by atoms with Crippen molar-refractivity contribution in [2.75, 3.05) is 11.9 Å². The van der Waals surface area contributed by atoms with Gasteiger partial charge in [0, 0.05) is 42.8 Å². The van der Waals surface area contributed by atoms with Crippen LogP contribution in [-0.4, -0.2) is 38.9 Å². The zero-order valence-corrected chi connectivity index (χ0v) is 14.1. The van der Waals surface area contributed by atoms with E-state index in [-0.39, 0.29) is 17.7 Å². The van der Waals surface area contributed by atoms with Crippen molar-refractivity contribution < 1.29 is 9.59 Å². The van der Waals surface area contributed by atoms with E-state index in [0.29, 0.717) is 19.0 Å². The molecule has 1 saturated heterocycles. The minimum absolute atomic E-state index is 0.0655. The van der Waals surface area contributed by atoms with Crippen LogP contribution >= 0.6 is 0 Å². The standard InChI is InChI=1S/C19H22N4O2/c24-18-11-14(12-23(18)17-3-1-2-4-17)19(25)21-15-5-7-16(8-6-15)22-10-9-20-13-22/h5-10,13-14,17H,1-4,11-12H2,(H,21,25). The molecule has 6 heteroatoms. The van der Waals surface area contributed by atoms with Crippen LogP contribution in [0.1, 0.15) is 32.1 Å². The largest absolute Gasteiger partial charge is 0.339 e. The predicted molar refractivity (Wildman–Crippen MR) is 94.3 cm³/mol. The maximum atomic E-state index is 12.5. The first-order valence-electron chi connectivity index (χ1n) is 8.89. The highest BCUT2D eigenvalue weighted by molar-refractivity contribution is 5.97. The second-order valence-electron chi connectivity index (χ2n) is 6.89. The number of amides is 2. The predicted octanol–water partition coefficient (Wildman–Crippen LogP) is 2.60. The molecule has 2 heterocycles. The molecule has 1 aliphatic heterocycles. The van der Waals surface area contributed by atoms with Gasteiger partial charge in [0.2, 0.25) is 11.8 Å². The summed E-state index contributed by atoms with van der Waals surface area (Å²) in [4.78, 5) is 30.7. The smallest absolute Gasteiger partial charge is 0.229 e. The summed E-state index contributed by atoms with van der Waals surface area (Å²) in [6, 6.07) is 7.96. The zero-order valence-electron chi connectivity index (χ0n) is 14.1. The summed E-state index contributed by atoms with van der Waals surface area (Å²) in [5.74, 6) is -0.187. The van der Waals surface area contributed by atoms with Crippen molar-refractivity contribution in [1.82, 2.24) is 14.5 Å². The van der Waals surface area contributed by atoms with Gasteiger partial charge in [0.15, 0.2) is 0 Å². The van der Waals surface area contributed by atoms with Crippen LogP contribution in [0.2, 0.25) is 0 Å². The molecule has 1 aromatic heterocycles. The first-order chi connectivity index (χ1) is 12.2. The number of rotatable bonds is 4. The fourth-order valence-electron chi connectivity index (χ4n) is 3.85. The molecule has 1 aliphatic carbocycles. The summed E-state index contributed by atoms with van der Waals surface area (Å²) in [6.07, 6.45) is 10.2. The number of nitrogens with one attached hydrogen (secondary N) is 1. The van der Waals surface area contributed by atoms with Crippen LogP contribution < -0.4 is 5.32 Å². The molecule has 1 N–H and O–H groups in total. The van der Waals surface area contributed by atoms with Gasteiger partial charge in [0.1, 0.15) is 0 Å². The number of aromatic nitrogens is 2. The average Bonchev–Trinajstić information content (AvgIpc) is 3.37.